The van der Waals surface area contributed by atoms with Crippen LogP contribution in [0.5, 0.6) is 0 Å². The van der Waals surface area contributed by atoms with Crippen LogP contribution in [-0.4, -0.2) is 11.5 Å². The third kappa shape index (κ3) is 3.43. The standard InChI is InChI=1S/C18H20N2O/c1-2-14-10-11-17-16(13-14)20-18(21-17)9-6-12-19-15-7-4-3-5-8-15/h3-5,7-8,10-11,13,19H,2,6,9,12H2,1H3. The van der Waals surface area contributed by atoms with Gasteiger partial charge in [0.05, 0.1) is 0 Å². The van der Waals surface area contributed by atoms with E-state index in [1.807, 2.05) is 24.3 Å². The van der Waals surface area contributed by atoms with Crippen LogP contribution in [0.4, 0.5) is 5.69 Å². The molecule has 0 aliphatic rings. The maximum Gasteiger partial charge on any atom is 0.195 e. The molecule has 108 valence electrons. The lowest BCUT2D eigenvalue weighted by Gasteiger charge is -2.04. The lowest BCUT2D eigenvalue weighted by atomic mass is 10.1. The van der Waals surface area contributed by atoms with Crippen LogP contribution in [-0.2, 0) is 12.8 Å². The van der Waals surface area contributed by atoms with Crippen molar-refractivity contribution in [2.24, 2.45) is 0 Å². The Morgan fingerprint density at radius 2 is 1.95 bits per heavy atom. The normalized spacial score (nSPS) is 10.9. The first-order valence-electron chi connectivity index (χ1n) is 7.52. The number of aromatic nitrogens is 1. The Hall–Kier alpha value is -2.29. The molecule has 1 N–H and O–H groups in total. The number of aryl methyl sites for hydroxylation is 2. The number of anilines is 1. The molecule has 0 amide bonds. The summed E-state index contributed by atoms with van der Waals surface area (Å²) in [7, 11) is 0. The minimum absolute atomic E-state index is 0.827. The topological polar surface area (TPSA) is 38.1 Å². The molecule has 0 atom stereocenters. The Morgan fingerprint density at radius 3 is 2.76 bits per heavy atom. The van der Waals surface area contributed by atoms with E-state index in [0.29, 0.717) is 0 Å². The van der Waals surface area contributed by atoms with Crippen LogP contribution >= 0.6 is 0 Å². The number of para-hydroxylation sites is 1. The zero-order valence-corrected chi connectivity index (χ0v) is 12.3. The van der Waals surface area contributed by atoms with Crippen molar-refractivity contribution in [2.75, 3.05) is 11.9 Å². The molecular formula is C18H20N2O. The van der Waals surface area contributed by atoms with Crippen molar-refractivity contribution >= 4 is 16.8 Å². The number of hydrogen-bond acceptors (Lipinski definition) is 3. The molecule has 1 aromatic heterocycles. The number of benzene rings is 2. The van der Waals surface area contributed by atoms with Crippen molar-refractivity contribution in [3.05, 3.63) is 60.0 Å². The highest BCUT2D eigenvalue weighted by molar-refractivity contribution is 5.73. The van der Waals surface area contributed by atoms with Gasteiger partial charge in [-0.25, -0.2) is 4.98 Å². The summed E-state index contributed by atoms with van der Waals surface area (Å²) in [5, 5.41) is 3.40. The van der Waals surface area contributed by atoms with E-state index < -0.39 is 0 Å². The summed E-state index contributed by atoms with van der Waals surface area (Å²) < 4.78 is 5.78. The third-order valence-electron chi connectivity index (χ3n) is 3.57. The predicted molar refractivity (Wildman–Crippen MR) is 86.6 cm³/mol. The summed E-state index contributed by atoms with van der Waals surface area (Å²) in [5.41, 5.74) is 4.31. The Balaban J connectivity index is 1.55. The largest absolute Gasteiger partial charge is 0.441 e. The molecule has 3 nitrogen and oxygen atoms in total. The van der Waals surface area contributed by atoms with Crippen molar-refractivity contribution in [1.29, 1.82) is 0 Å². The predicted octanol–water partition coefficient (Wildman–Crippen LogP) is 4.43. The molecule has 21 heavy (non-hydrogen) atoms. The average molecular weight is 280 g/mol. The van der Waals surface area contributed by atoms with Gasteiger partial charge >= 0.3 is 0 Å². The number of nitrogens with one attached hydrogen (secondary N) is 1. The Bertz CT molecular complexity index is 704. The molecule has 0 fully saturated rings. The van der Waals surface area contributed by atoms with E-state index in [1.165, 1.54) is 5.56 Å². The third-order valence-corrected chi connectivity index (χ3v) is 3.57. The second kappa shape index (κ2) is 6.44. The molecule has 0 aliphatic heterocycles. The minimum Gasteiger partial charge on any atom is -0.441 e. The molecule has 2 aromatic carbocycles. The van der Waals surface area contributed by atoms with Crippen molar-refractivity contribution in [2.45, 2.75) is 26.2 Å². The smallest absolute Gasteiger partial charge is 0.195 e. The first kappa shape index (κ1) is 13.7. The molecule has 0 saturated heterocycles. The molecule has 1 heterocycles. The number of oxazole rings is 1. The van der Waals surface area contributed by atoms with Gasteiger partial charge in [0, 0.05) is 18.7 Å². The molecule has 3 heteroatoms. The van der Waals surface area contributed by atoms with Gasteiger partial charge in [-0.1, -0.05) is 31.2 Å². The second-order valence-corrected chi connectivity index (χ2v) is 5.16. The van der Waals surface area contributed by atoms with Crippen molar-refractivity contribution in [3.63, 3.8) is 0 Å². The lowest BCUT2D eigenvalue weighted by molar-refractivity contribution is 0.523. The van der Waals surface area contributed by atoms with Gasteiger partial charge in [-0.3, -0.25) is 0 Å². The van der Waals surface area contributed by atoms with E-state index in [9.17, 15) is 0 Å². The Kier molecular flexibility index (Phi) is 4.20. The molecule has 0 saturated carbocycles. The summed E-state index contributed by atoms with van der Waals surface area (Å²) >= 11 is 0. The summed E-state index contributed by atoms with van der Waals surface area (Å²) in [6.07, 6.45) is 2.89. The first-order valence-corrected chi connectivity index (χ1v) is 7.52. The molecule has 0 radical (unpaired) electrons. The SMILES string of the molecule is CCc1ccc2oc(CCCNc3ccccc3)nc2c1. The van der Waals surface area contributed by atoms with Crippen LogP contribution in [0.3, 0.4) is 0 Å². The zero-order chi connectivity index (χ0) is 14.5. The van der Waals surface area contributed by atoms with Crippen LogP contribution < -0.4 is 5.32 Å². The fraction of sp³-hybridized carbons (Fsp3) is 0.278. The maximum atomic E-state index is 5.78. The Labute approximate surface area is 125 Å². The van der Waals surface area contributed by atoms with Gasteiger partial charge in [-0.15, -0.1) is 0 Å². The summed E-state index contributed by atoms with van der Waals surface area (Å²) in [6.45, 7) is 3.07. The fourth-order valence-electron chi connectivity index (χ4n) is 2.38. The van der Waals surface area contributed by atoms with Gasteiger partial charge in [0.15, 0.2) is 11.5 Å². The monoisotopic (exact) mass is 280 g/mol. The molecule has 0 bridgehead atoms. The fourth-order valence-corrected chi connectivity index (χ4v) is 2.38. The molecule has 0 spiro atoms. The maximum absolute atomic E-state index is 5.78. The Morgan fingerprint density at radius 1 is 1.10 bits per heavy atom. The van der Waals surface area contributed by atoms with Crippen LogP contribution in [0.25, 0.3) is 11.1 Å². The molecule has 0 aliphatic carbocycles. The highest BCUT2D eigenvalue weighted by Gasteiger charge is 2.05. The van der Waals surface area contributed by atoms with Crippen LogP contribution in [0.2, 0.25) is 0 Å². The zero-order valence-electron chi connectivity index (χ0n) is 12.3. The van der Waals surface area contributed by atoms with Gasteiger partial charge in [-0.05, 0) is 42.7 Å². The highest BCUT2D eigenvalue weighted by atomic mass is 16.3. The first-order chi connectivity index (χ1) is 10.3. The van der Waals surface area contributed by atoms with Crippen molar-refractivity contribution in [3.8, 4) is 0 Å². The number of nitrogens with zero attached hydrogens (tertiary/aromatic N) is 1. The summed E-state index contributed by atoms with van der Waals surface area (Å²) in [4.78, 5) is 4.57. The van der Waals surface area contributed by atoms with Crippen molar-refractivity contribution in [1.82, 2.24) is 4.98 Å². The van der Waals surface area contributed by atoms with Crippen molar-refractivity contribution < 1.29 is 4.42 Å². The number of rotatable bonds is 6. The summed E-state index contributed by atoms with van der Waals surface area (Å²) in [6, 6.07) is 16.5. The van der Waals surface area contributed by atoms with E-state index in [0.717, 1.165) is 48.5 Å². The molecule has 3 aromatic rings. The van der Waals surface area contributed by atoms with Gasteiger partial charge in [0.25, 0.3) is 0 Å². The number of fused-ring (bicyclic) bond motifs is 1. The van der Waals surface area contributed by atoms with E-state index in [2.05, 4.69) is 41.5 Å². The van der Waals surface area contributed by atoms with Gasteiger partial charge in [0.1, 0.15) is 5.52 Å². The van der Waals surface area contributed by atoms with Crippen LogP contribution in [0.15, 0.2) is 52.9 Å². The van der Waals surface area contributed by atoms with E-state index in [1.54, 1.807) is 0 Å². The quantitative estimate of drug-likeness (QED) is 0.679. The second-order valence-electron chi connectivity index (χ2n) is 5.16. The van der Waals surface area contributed by atoms with E-state index in [4.69, 9.17) is 4.42 Å². The molecule has 0 unspecified atom stereocenters. The van der Waals surface area contributed by atoms with E-state index >= 15 is 0 Å². The minimum atomic E-state index is 0.827. The highest BCUT2D eigenvalue weighted by Crippen LogP contribution is 2.18. The van der Waals surface area contributed by atoms with E-state index in [-0.39, 0.29) is 0 Å². The van der Waals surface area contributed by atoms with Gasteiger partial charge < -0.3 is 9.73 Å². The number of hydrogen-bond donors (Lipinski definition) is 1. The average Bonchev–Trinajstić information content (AvgIpc) is 2.94. The molecule has 3 rings (SSSR count). The summed E-state index contributed by atoms with van der Waals surface area (Å²) in [5.74, 6) is 0.827. The van der Waals surface area contributed by atoms with Crippen LogP contribution in [0.1, 0.15) is 24.8 Å². The van der Waals surface area contributed by atoms with Crippen LogP contribution in [0, 0.1) is 0 Å². The lowest BCUT2D eigenvalue weighted by Crippen LogP contribution is -2.02. The van der Waals surface area contributed by atoms with Gasteiger partial charge in [-0.2, -0.15) is 0 Å². The molecular weight excluding hydrogens is 260 g/mol. The van der Waals surface area contributed by atoms with Gasteiger partial charge in [0.2, 0.25) is 0 Å².